The standard InChI is InChI=1S/C13H14F2N4O3S/c1-22-9-5-11(13-16-7-17-18-13)19(6-9)23(20,21)12-4-8(14)2-3-10(12)15/h2-4,7,9,11H,5-6H2,1H3,(H,16,17,18)/t9-,11+/m1/s1. The Hall–Kier alpha value is -1.91. The first kappa shape index (κ1) is 16.0. The van der Waals surface area contributed by atoms with Crippen LogP contribution in [-0.4, -0.2) is 47.7 Å². The summed E-state index contributed by atoms with van der Waals surface area (Å²) in [5.74, 6) is -1.52. The fourth-order valence-corrected chi connectivity index (χ4v) is 4.34. The Morgan fingerprint density at radius 3 is 2.83 bits per heavy atom. The van der Waals surface area contributed by atoms with Crippen LogP contribution in [0.4, 0.5) is 8.78 Å². The van der Waals surface area contributed by atoms with E-state index in [1.165, 1.54) is 13.4 Å². The number of aromatic nitrogens is 3. The molecule has 2 heterocycles. The molecule has 1 aromatic carbocycles. The van der Waals surface area contributed by atoms with Crippen LogP contribution in [0.1, 0.15) is 18.3 Å². The third kappa shape index (κ3) is 2.84. The number of halogens is 2. The molecule has 0 amide bonds. The monoisotopic (exact) mass is 344 g/mol. The Kier molecular flexibility index (Phi) is 4.13. The number of hydrogen-bond acceptors (Lipinski definition) is 5. The zero-order valence-electron chi connectivity index (χ0n) is 12.1. The molecule has 23 heavy (non-hydrogen) atoms. The van der Waals surface area contributed by atoms with Crippen molar-refractivity contribution < 1.29 is 21.9 Å². The van der Waals surface area contributed by atoms with Gasteiger partial charge in [0.15, 0.2) is 0 Å². The highest BCUT2D eigenvalue weighted by Crippen LogP contribution is 2.36. The number of benzene rings is 1. The van der Waals surface area contributed by atoms with Crippen molar-refractivity contribution in [2.45, 2.75) is 23.5 Å². The number of hydrogen-bond donors (Lipinski definition) is 1. The molecule has 3 rings (SSSR count). The van der Waals surface area contributed by atoms with E-state index in [9.17, 15) is 17.2 Å². The van der Waals surface area contributed by atoms with Gasteiger partial charge in [-0.1, -0.05) is 0 Å². The minimum absolute atomic E-state index is 0.0140. The lowest BCUT2D eigenvalue weighted by Gasteiger charge is -2.22. The van der Waals surface area contributed by atoms with E-state index >= 15 is 0 Å². The molecule has 1 fully saturated rings. The van der Waals surface area contributed by atoms with Crippen LogP contribution in [0.15, 0.2) is 29.4 Å². The van der Waals surface area contributed by atoms with E-state index in [0.717, 1.165) is 16.4 Å². The van der Waals surface area contributed by atoms with Gasteiger partial charge in [0.05, 0.1) is 12.1 Å². The van der Waals surface area contributed by atoms with Crippen molar-refractivity contribution in [2.24, 2.45) is 0 Å². The van der Waals surface area contributed by atoms with Crippen LogP contribution in [-0.2, 0) is 14.8 Å². The second kappa shape index (κ2) is 5.95. The van der Waals surface area contributed by atoms with Crippen molar-refractivity contribution in [1.29, 1.82) is 0 Å². The van der Waals surface area contributed by atoms with E-state index in [2.05, 4.69) is 15.2 Å². The van der Waals surface area contributed by atoms with Crippen LogP contribution in [0, 0.1) is 11.6 Å². The largest absolute Gasteiger partial charge is 0.380 e. The molecule has 1 saturated heterocycles. The van der Waals surface area contributed by atoms with Crippen LogP contribution >= 0.6 is 0 Å². The predicted molar refractivity (Wildman–Crippen MR) is 74.8 cm³/mol. The fourth-order valence-electron chi connectivity index (χ4n) is 2.63. The Labute approximate surface area is 131 Å². The van der Waals surface area contributed by atoms with Gasteiger partial charge in [0.1, 0.15) is 28.7 Å². The van der Waals surface area contributed by atoms with E-state index in [4.69, 9.17) is 4.74 Å². The van der Waals surface area contributed by atoms with Gasteiger partial charge in [0, 0.05) is 13.7 Å². The number of H-pyrrole nitrogens is 1. The van der Waals surface area contributed by atoms with E-state index in [-0.39, 0.29) is 12.6 Å². The van der Waals surface area contributed by atoms with Crippen LogP contribution in [0.25, 0.3) is 0 Å². The number of methoxy groups -OCH3 is 1. The van der Waals surface area contributed by atoms with Gasteiger partial charge >= 0.3 is 0 Å². The molecule has 1 aliphatic rings. The van der Waals surface area contributed by atoms with Crippen molar-refractivity contribution in [3.05, 3.63) is 42.0 Å². The molecule has 10 heteroatoms. The number of aromatic amines is 1. The number of sulfonamides is 1. The van der Waals surface area contributed by atoms with Crippen LogP contribution < -0.4 is 0 Å². The van der Waals surface area contributed by atoms with Gasteiger partial charge in [-0.15, -0.1) is 0 Å². The lowest BCUT2D eigenvalue weighted by Crippen LogP contribution is -2.33. The van der Waals surface area contributed by atoms with Crippen molar-refractivity contribution in [3.63, 3.8) is 0 Å². The SMILES string of the molecule is CO[C@@H]1C[C@@H](c2ncn[nH]2)N(S(=O)(=O)c2cc(F)ccc2F)C1. The molecule has 124 valence electrons. The number of rotatable bonds is 4. The summed E-state index contributed by atoms with van der Waals surface area (Å²) in [4.78, 5) is 3.26. The number of ether oxygens (including phenoxy) is 1. The Bertz CT molecular complexity index is 798. The molecule has 0 spiro atoms. The first-order chi connectivity index (χ1) is 10.9. The molecule has 0 aliphatic carbocycles. The summed E-state index contributed by atoms with van der Waals surface area (Å²) < 4.78 is 59.1. The summed E-state index contributed by atoms with van der Waals surface area (Å²) in [6, 6.07) is 1.64. The molecule has 1 N–H and O–H groups in total. The molecule has 1 aromatic heterocycles. The maximum Gasteiger partial charge on any atom is 0.246 e. The number of nitrogens with one attached hydrogen (secondary N) is 1. The fraction of sp³-hybridized carbons (Fsp3) is 0.385. The third-order valence-corrected chi connectivity index (χ3v) is 5.67. The van der Waals surface area contributed by atoms with Crippen molar-refractivity contribution in [1.82, 2.24) is 19.5 Å². The average molecular weight is 344 g/mol. The first-order valence-electron chi connectivity index (χ1n) is 6.78. The van der Waals surface area contributed by atoms with Gasteiger partial charge < -0.3 is 4.74 Å². The smallest absolute Gasteiger partial charge is 0.246 e. The summed E-state index contributed by atoms with van der Waals surface area (Å²) >= 11 is 0. The molecule has 0 bridgehead atoms. The molecule has 2 atom stereocenters. The first-order valence-corrected chi connectivity index (χ1v) is 8.22. The summed E-state index contributed by atoms with van der Waals surface area (Å²) in [6.07, 6.45) is 1.21. The minimum atomic E-state index is -4.26. The van der Waals surface area contributed by atoms with Gasteiger partial charge in [-0.2, -0.15) is 9.40 Å². The molecular formula is C13H14F2N4O3S. The molecule has 7 nitrogen and oxygen atoms in total. The van der Waals surface area contributed by atoms with Gasteiger partial charge in [-0.3, -0.25) is 5.10 Å². The quantitative estimate of drug-likeness (QED) is 0.901. The van der Waals surface area contributed by atoms with E-state index < -0.39 is 32.6 Å². The summed E-state index contributed by atoms with van der Waals surface area (Å²) in [7, 11) is -2.80. The van der Waals surface area contributed by atoms with Gasteiger partial charge in [-0.25, -0.2) is 22.2 Å². The maximum absolute atomic E-state index is 13.9. The second-order valence-corrected chi connectivity index (χ2v) is 6.99. The Balaban J connectivity index is 2.04. The maximum atomic E-state index is 13.9. The Morgan fingerprint density at radius 1 is 1.39 bits per heavy atom. The van der Waals surface area contributed by atoms with Crippen LogP contribution in [0.2, 0.25) is 0 Å². The number of nitrogens with zero attached hydrogens (tertiary/aromatic N) is 3. The zero-order valence-corrected chi connectivity index (χ0v) is 12.9. The summed E-state index contributed by atoms with van der Waals surface area (Å²) in [5, 5.41) is 6.32. The minimum Gasteiger partial charge on any atom is -0.380 e. The second-order valence-electron chi connectivity index (χ2n) is 5.13. The van der Waals surface area contributed by atoms with Crippen molar-refractivity contribution in [3.8, 4) is 0 Å². The summed E-state index contributed by atoms with van der Waals surface area (Å²) in [6.45, 7) is 0.0140. The highest BCUT2D eigenvalue weighted by Gasteiger charge is 2.43. The van der Waals surface area contributed by atoms with E-state index in [1.807, 2.05) is 0 Å². The molecular weight excluding hydrogens is 330 g/mol. The molecule has 0 unspecified atom stereocenters. The highest BCUT2D eigenvalue weighted by molar-refractivity contribution is 7.89. The van der Waals surface area contributed by atoms with Crippen LogP contribution in [0.5, 0.6) is 0 Å². The Morgan fingerprint density at radius 2 is 2.17 bits per heavy atom. The molecule has 2 aromatic rings. The zero-order chi connectivity index (χ0) is 16.6. The lowest BCUT2D eigenvalue weighted by atomic mass is 10.2. The van der Waals surface area contributed by atoms with Crippen molar-refractivity contribution in [2.75, 3.05) is 13.7 Å². The topological polar surface area (TPSA) is 88.2 Å². The normalized spacial score (nSPS) is 22.6. The highest BCUT2D eigenvalue weighted by atomic mass is 32.2. The van der Waals surface area contributed by atoms with E-state index in [0.29, 0.717) is 18.3 Å². The third-order valence-electron chi connectivity index (χ3n) is 3.78. The van der Waals surface area contributed by atoms with Gasteiger partial charge in [0.2, 0.25) is 10.0 Å². The molecule has 0 radical (unpaired) electrons. The van der Waals surface area contributed by atoms with E-state index in [1.54, 1.807) is 0 Å². The predicted octanol–water partition coefficient (Wildman–Crippen LogP) is 1.23. The van der Waals surface area contributed by atoms with Gasteiger partial charge in [-0.05, 0) is 24.6 Å². The molecule has 0 saturated carbocycles. The average Bonchev–Trinajstić information content (AvgIpc) is 3.17. The lowest BCUT2D eigenvalue weighted by molar-refractivity contribution is 0.114. The van der Waals surface area contributed by atoms with Crippen LogP contribution in [0.3, 0.4) is 0 Å². The van der Waals surface area contributed by atoms with Gasteiger partial charge in [0.25, 0.3) is 0 Å². The summed E-state index contributed by atoms with van der Waals surface area (Å²) in [5.41, 5.74) is 0. The molecule has 1 aliphatic heterocycles. The van der Waals surface area contributed by atoms with Crippen molar-refractivity contribution >= 4 is 10.0 Å².